The zero-order valence-corrected chi connectivity index (χ0v) is 18.0. The van der Waals surface area contributed by atoms with Gasteiger partial charge in [0.25, 0.3) is 5.91 Å². The van der Waals surface area contributed by atoms with Gasteiger partial charge in [-0.15, -0.1) is 0 Å². The number of nitrogens with one attached hydrogen (secondary N) is 1. The molecule has 2 aromatic carbocycles. The van der Waals surface area contributed by atoms with E-state index in [1.807, 2.05) is 0 Å². The van der Waals surface area contributed by atoms with Crippen molar-refractivity contribution in [1.29, 1.82) is 0 Å². The Labute approximate surface area is 198 Å². The number of ether oxygens (including phenoxy) is 1. The van der Waals surface area contributed by atoms with Crippen LogP contribution in [0.5, 0.6) is 5.88 Å². The summed E-state index contributed by atoms with van der Waals surface area (Å²) in [4.78, 5) is 16.2. The summed E-state index contributed by atoms with van der Waals surface area (Å²) in [6.07, 6.45) is -8.36. The summed E-state index contributed by atoms with van der Waals surface area (Å²) in [5.41, 5.74) is -2.52. The molecule has 35 heavy (non-hydrogen) atoms. The number of carbonyl (C=O) groups is 1. The fraction of sp³-hybridized carbons (Fsp3) is 0.136. The van der Waals surface area contributed by atoms with Crippen molar-refractivity contribution < 1.29 is 35.9 Å². The van der Waals surface area contributed by atoms with Gasteiger partial charge in [-0.1, -0.05) is 35.9 Å². The number of alkyl halides is 6. The summed E-state index contributed by atoms with van der Waals surface area (Å²) in [6, 6.07) is 11.2. The van der Waals surface area contributed by atoms with Gasteiger partial charge in [0.1, 0.15) is 0 Å². The van der Waals surface area contributed by atoms with Crippen LogP contribution in [0.1, 0.15) is 11.3 Å². The van der Waals surface area contributed by atoms with E-state index in [2.05, 4.69) is 15.4 Å². The number of fused-ring (bicyclic) bond motifs is 1. The third-order valence-electron chi connectivity index (χ3n) is 4.75. The Morgan fingerprint density at radius 2 is 1.74 bits per heavy atom. The highest BCUT2D eigenvalue weighted by Crippen LogP contribution is 2.36. The van der Waals surface area contributed by atoms with Crippen LogP contribution in [-0.2, 0) is 17.1 Å². The number of rotatable bonds is 5. The van der Waals surface area contributed by atoms with E-state index in [-0.39, 0.29) is 27.3 Å². The summed E-state index contributed by atoms with van der Waals surface area (Å²) < 4.78 is 85.5. The average Bonchev–Trinajstić information content (AvgIpc) is 3.22. The predicted molar refractivity (Wildman–Crippen MR) is 114 cm³/mol. The predicted octanol–water partition coefficient (Wildman–Crippen LogP) is 6.13. The number of para-hydroxylation sites is 2. The Bertz CT molecular complexity index is 1400. The van der Waals surface area contributed by atoms with E-state index < -0.39 is 42.0 Å². The van der Waals surface area contributed by atoms with Crippen molar-refractivity contribution in [2.45, 2.75) is 12.4 Å². The molecule has 0 aliphatic carbocycles. The van der Waals surface area contributed by atoms with Crippen LogP contribution in [0.15, 0.2) is 60.8 Å². The first kappa shape index (κ1) is 24.3. The molecule has 0 bridgehead atoms. The Kier molecular flexibility index (Phi) is 6.32. The first-order valence-corrected chi connectivity index (χ1v) is 10.1. The van der Waals surface area contributed by atoms with E-state index >= 15 is 0 Å². The van der Waals surface area contributed by atoms with E-state index in [1.165, 1.54) is 36.4 Å². The lowest BCUT2D eigenvalue weighted by molar-refractivity contribution is -0.141. The summed E-state index contributed by atoms with van der Waals surface area (Å²) in [5.74, 6) is -1.25. The van der Waals surface area contributed by atoms with Crippen molar-refractivity contribution >= 4 is 34.1 Å². The largest absolute Gasteiger partial charge is 0.467 e. The Hall–Kier alpha value is -3.80. The molecule has 2 heterocycles. The first-order chi connectivity index (χ1) is 16.4. The van der Waals surface area contributed by atoms with Gasteiger partial charge >= 0.3 is 12.4 Å². The summed E-state index contributed by atoms with van der Waals surface area (Å²) in [7, 11) is 0. The van der Waals surface area contributed by atoms with Crippen LogP contribution in [0.2, 0.25) is 5.02 Å². The topological polar surface area (TPSA) is 69.0 Å². The third kappa shape index (κ3) is 5.16. The fourth-order valence-electron chi connectivity index (χ4n) is 3.24. The molecular formula is C22H13ClF6N4O2. The molecule has 0 aliphatic heterocycles. The molecule has 4 aromatic rings. The molecule has 0 spiro atoms. The van der Waals surface area contributed by atoms with Crippen molar-refractivity contribution in [1.82, 2.24) is 14.8 Å². The van der Waals surface area contributed by atoms with Gasteiger partial charge in [0, 0.05) is 17.6 Å². The number of hydrogen-bond acceptors (Lipinski definition) is 4. The van der Waals surface area contributed by atoms with E-state index in [0.29, 0.717) is 6.07 Å². The number of amides is 1. The Balaban J connectivity index is 1.59. The van der Waals surface area contributed by atoms with Crippen molar-refractivity contribution in [3.8, 4) is 11.6 Å². The second kappa shape index (κ2) is 9.10. The standard InChI is InChI=1S/C22H13ClF6N4O2/c23-14-6-1-2-7-16(14)33-19(10-17(32-33)22(27,28)29)35-11-18(34)31-15-8-9-30-20-12(15)4-3-5-13(20)21(24,25)26/h1-10H,11H2,(H,30,31,34). The molecule has 13 heteroatoms. The van der Waals surface area contributed by atoms with Crippen molar-refractivity contribution in [3.05, 3.63) is 77.1 Å². The molecule has 0 saturated heterocycles. The Morgan fingerprint density at radius 3 is 2.43 bits per heavy atom. The first-order valence-electron chi connectivity index (χ1n) is 9.75. The molecule has 6 nitrogen and oxygen atoms in total. The maximum atomic E-state index is 13.3. The van der Waals surface area contributed by atoms with Gasteiger partial charge in [-0.05, 0) is 24.3 Å². The zero-order valence-electron chi connectivity index (χ0n) is 17.3. The van der Waals surface area contributed by atoms with Crippen molar-refractivity contribution in [2.24, 2.45) is 0 Å². The number of benzene rings is 2. The highest BCUT2D eigenvalue weighted by atomic mass is 35.5. The Morgan fingerprint density at radius 1 is 1.00 bits per heavy atom. The molecule has 0 radical (unpaired) electrons. The smallest absolute Gasteiger partial charge is 0.435 e. The molecule has 2 aromatic heterocycles. The molecular weight excluding hydrogens is 502 g/mol. The minimum absolute atomic E-state index is 0.0188. The van der Waals surface area contributed by atoms with Gasteiger partial charge in [-0.25, -0.2) is 0 Å². The molecule has 1 amide bonds. The van der Waals surface area contributed by atoms with Crippen molar-refractivity contribution in [3.63, 3.8) is 0 Å². The molecule has 0 atom stereocenters. The summed E-state index contributed by atoms with van der Waals surface area (Å²) >= 11 is 6.06. The van der Waals surface area contributed by atoms with Crippen LogP contribution >= 0.6 is 11.6 Å². The molecule has 182 valence electrons. The van der Waals surface area contributed by atoms with Gasteiger partial charge < -0.3 is 10.1 Å². The lowest BCUT2D eigenvalue weighted by Gasteiger charge is -2.13. The maximum Gasteiger partial charge on any atom is 0.435 e. The quantitative estimate of drug-likeness (QED) is 0.325. The second-order valence-corrected chi connectivity index (χ2v) is 7.53. The molecule has 0 aliphatic rings. The minimum atomic E-state index is -4.79. The van der Waals surface area contributed by atoms with Gasteiger partial charge in [0.05, 0.1) is 27.5 Å². The number of halogens is 7. The number of anilines is 1. The molecule has 0 fully saturated rings. The lowest BCUT2D eigenvalue weighted by Crippen LogP contribution is -2.21. The molecule has 4 rings (SSSR count). The van der Waals surface area contributed by atoms with Crippen molar-refractivity contribution in [2.75, 3.05) is 11.9 Å². The maximum absolute atomic E-state index is 13.3. The monoisotopic (exact) mass is 514 g/mol. The van der Waals surface area contributed by atoms with E-state index in [9.17, 15) is 31.1 Å². The average molecular weight is 515 g/mol. The van der Waals surface area contributed by atoms with Gasteiger partial charge in [-0.2, -0.15) is 36.1 Å². The van der Waals surface area contributed by atoms with E-state index in [0.717, 1.165) is 16.9 Å². The van der Waals surface area contributed by atoms with Gasteiger partial charge in [0.2, 0.25) is 5.88 Å². The lowest BCUT2D eigenvalue weighted by atomic mass is 10.1. The highest BCUT2D eigenvalue weighted by molar-refractivity contribution is 6.32. The minimum Gasteiger partial charge on any atom is -0.467 e. The van der Waals surface area contributed by atoms with Crippen LogP contribution in [0.3, 0.4) is 0 Å². The summed E-state index contributed by atoms with van der Waals surface area (Å²) in [6.45, 7) is -0.768. The van der Waals surface area contributed by atoms with Crippen LogP contribution in [0.25, 0.3) is 16.6 Å². The van der Waals surface area contributed by atoms with Crippen LogP contribution < -0.4 is 10.1 Å². The van der Waals surface area contributed by atoms with E-state index in [1.54, 1.807) is 6.07 Å². The molecule has 1 N–H and O–H groups in total. The fourth-order valence-corrected chi connectivity index (χ4v) is 3.46. The second-order valence-electron chi connectivity index (χ2n) is 7.12. The summed E-state index contributed by atoms with van der Waals surface area (Å²) in [5, 5.41) is 5.99. The molecule has 0 saturated carbocycles. The van der Waals surface area contributed by atoms with Crippen LogP contribution in [0.4, 0.5) is 32.0 Å². The number of nitrogens with zero attached hydrogens (tertiary/aromatic N) is 3. The highest BCUT2D eigenvalue weighted by Gasteiger charge is 2.36. The zero-order chi connectivity index (χ0) is 25.4. The van der Waals surface area contributed by atoms with E-state index in [4.69, 9.17) is 16.3 Å². The number of aromatic nitrogens is 3. The van der Waals surface area contributed by atoms with Crippen LogP contribution in [-0.4, -0.2) is 27.3 Å². The van der Waals surface area contributed by atoms with Gasteiger partial charge in [-0.3, -0.25) is 9.78 Å². The molecule has 0 unspecified atom stereocenters. The SMILES string of the molecule is O=C(COc1cc(C(F)(F)F)nn1-c1ccccc1Cl)Nc1ccnc2c(C(F)(F)F)cccc12. The number of pyridine rings is 1. The van der Waals surface area contributed by atoms with Crippen LogP contribution in [0, 0.1) is 0 Å². The number of carbonyl (C=O) groups excluding carboxylic acids is 1. The third-order valence-corrected chi connectivity index (χ3v) is 5.07. The number of hydrogen-bond donors (Lipinski definition) is 1. The van der Waals surface area contributed by atoms with Gasteiger partial charge in [0.15, 0.2) is 12.3 Å². The normalized spacial score (nSPS) is 12.1.